The van der Waals surface area contributed by atoms with Crippen LogP contribution in [0.3, 0.4) is 0 Å². The fraction of sp³-hybridized carbons (Fsp3) is 0.200. The number of fused-ring (bicyclic) bond motifs is 1. The highest BCUT2D eigenvalue weighted by atomic mass is 35.5. The minimum atomic E-state index is -0.206. The number of nitrogen functional groups attached to an aromatic ring is 1. The molecule has 1 saturated heterocycles. The molecule has 1 aliphatic rings. The lowest BCUT2D eigenvalue weighted by Gasteiger charge is -2.25. The minimum Gasteiger partial charge on any atom is -0.381 e. The quantitative estimate of drug-likeness (QED) is 0.452. The van der Waals surface area contributed by atoms with Gasteiger partial charge in [0.1, 0.15) is 0 Å². The van der Waals surface area contributed by atoms with E-state index >= 15 is 0 Å². The van der Waals surface area contributed by atoms with E-state index in [2.05, 4.69) is 15.3 Å². The Labute approximate surface area is 201 Å². The Hall–Kier alpha value is -3.59. The van der Waals surface area contributed by atoms with Gasteiger partial charge in [0.2, 0.25) is 5.91 Å². The number of pyridine rings is 1. The van der Waals surface area contributed by atoms with Crippen LogP contribution in [-0.2, 0) is 9.53 Å². The molecule has 2 aromatic heterocycles. The van der Waals surface area contributed by atoms with Crippen molar-refractivity contribution in [2.75, 3.05) is 43.9 Å². The van der Waals surface area contributed by atoms with E-state index in [0.29, 0.717) is 48.2 Å². The van der Waals surface area contributed by atoms with E-state index in [1.54, 1.807) is 6.20 Å². The number of nitrogens with one attached hydrogen (secondary N) is 1. The third kappa shape index (κ3) is 4.70. The SMILES string of the molecule is Nc1nc(-c2ccccc2)c(-c2cc(Cl)c3ncccc3c2)nc1NC(=O)CN1CCOCC1. The van der Waals surface area contributed by atoms with Crippen molar-refractivity contribution in [2.45, 2.75) is 0 Å². The number of hydrogen-bond donors (Lipinski definition) is 2. The molecule has 0 unspecified atom stereocenters. The second kappa shape index (κ2) is 9.72. The van der Waals surface area contributed by atoms with Gasteiger partial charge in [-0.05, 0) is 18.2 Å². The number of rotatable bonds is 5. The van der Waals surface area contributed by atoms with Crippen LogP contribution in [-0.4, -0.2) is 58.6 Å². The third-order valence-corrected chi connectivity index (χ3v) is 5.92. The lowest BCUT2D eigenvalue weighted by molar-refractivity contribution is -0.118. The van der Waals surface area contributed by atoms with E-state index in [1.165, 1.54) is 0 Å². The van der Waals surface area contributed by atoms with Crippen LogP contribution in [0.25, 0.3) is 33.4 Å². The lowest BCUT2D eigenvalue weighted by Crippen LogP contribution is -2.41. The first-order chi connectivity index (χ1) is 16.6. The Kier molecular flexibility index (Phi) is 6.35. The highest BCUT2D eigenvalue weighted by molar-refractivity contribution is 6.35. The van der Waals surface area contributed by atoms with Gasteiger partial charge in [0.05, 0.1) is 41.7 Å². The second-order valence-electron chi connectivity index (χ2n) is 7.99. The highest BCUT2D eigenvalue weighted by Gasteiger charge is 2.20. The third-order valence-electron chi connectivity index (χ3n) is 5.63. The molecule has 0 atom stereocenters. The molecule has 0 saturated carbocycles. The monoisotopic (exact) mass is 474 g/mol. The molecule has 34 heavy (non-hydrogen) atoms. The number of ether oxygens (including phenoxy) is 1. The molecule has 0 spiro atoms. The number of halogens is 1. The Morgan fingerprint density at radius 1 is 1.03 bits per heavy atom. The molecule has 172 valence electrons. The van der Waals surface area contributed by atoms with E-state index in [4.69, 9.17) is 27.1 Å². The molecule has 0 bridgehead atoms. The molecular formula is C25H23ClN6O2. The van der Waals surface area contributed by atoms with Gasteiger partial charge >= 0.3 is 0 Å². The molecule has 3 N–H and O–H groups in total. The van der Waals surface area contributed by atoms with Crippen LogP contribution in [0.2, 0.25) is 5.02 Å². The number of hydrogen-bond acceptors (Lipinski definition) is 7. The summed E-state index contributed by atoms with van der Waals surface area (Å²) in [4.78, 5) is 28.5. The number of amides is 1. The molecule has 1 aliphatic heterocycles. The number of benzene rings is 2. The smallest absolute Gasteiger partial charge is 0.239 e. The number of morpholine rings is 1. The van der Waals surface area contributed by atoms with Crippen molar-refractivity contribution in [2.24, 2.45) is 0 Å². The topological polar surface area (TPSA) is 106 Å². The summed E-state index contributed by atoms with van der Waals surface area (Å²) in [7, 11) is 0. The van der Waals surface area contributed by atoms with Crippen molar-refractivity contribution >= 4 is 40.0 Å². The molecule has 1 fully saturated rings. The Balaban J connectivity index is 1.56. The standard InChI is InChI=1S/C25H23ClN6O2/c26-19-14-18(13-17-7-4-8-28-21(17)19)23-22(16-5-2-1-3-6-16)30-24(27)25(31-23)29-20(33)15-32-9-11-34-12-10-32/h1-8,13-14H,9-12,15H2,(H2,27,30)(H,29,31,33). The summed E-state index contributed by atoms with van der Waals surface area (Å²) in [5.74, 6) is 0.156. The zero-order valence-corrected chi connectivity index (χ0v) is 19.1. The zero-order valence-electron chi connectivity index (χ0n) is 18.4. The largest absolute Gasteiger partial charge is 0.381 e. The minimum absolute atomic E-state index is 0.145. The summed E-state index contributed by atoms with van der Waals surface area (Å²) in [5.41, 5.74) is 9.72. The summed E-state index contributed by atoms with van der Waals surface area (Å²) in [5, 5.41) is 4.21. The van der Waals surface area contributed by atoms with Gasteiger partial charge in [-0.25, -0.2) is 9.97 Å². The Bertz CT molecular complexity index is 1340. The number of nitrogens with zero attached hydrogens (tertiary/aromatic N) is 4. The highest BCUT2D eigenvalue weighted by Crippen LogP contribution is 2.35. The van der Waals surface area contributed by atoms with Crippen molar-refractivity contribution in [3.05, 3.63) is 65.8 Å². The molecule has 0 radical (unpaired) electrons. The first-order valence-corrected chi connectivity index (χ1v) is 11.3. The van der Waals surface area contributed by atoms with E-state index in [0.717, 1.165) is 16.5 Å². The summed E-state index contributed by atoms with van der Waals surface area (Å²) >= 11 is 6.55. The predicted octanol–water partition coefficient (Wildman–Crippen LogP) is 3.87. The molecule has 9 heteroatoms. The van der Waals surface area contributed by atoms with Crippen LogP contribution in [0, 0.1) is 0 Å². The van der Waals surface area contributed by atoms with Crippen molar-refractivity contribution < 1.29 is 9.53 Å². The number of carbonyl (C=O) groups is 1. The van der Waals surface area contributed by atoms with Gasteiger partial charge in [0, 0.05) is 35.8 Å². The lowest BCUT2D eigenvalue weighted by atomic mass is 10.0. The molecule has 8 nitrogen and oxygen atoms in total. The van der Waals surface area contributed by atoms with Crippen LogP contribution in [0.5, 0.6) is 0 Å². The van der Waals surface area contributed by atoms with Crippen LogP contribution in [0.4, 0.5) is 11.6 Å². The van der Waals surface area contributed by atoms with Gasteiger partial charge in [0.15, 0.2) is 11.6 Å². The maximum atomic E-state index is 12.7. The molecule has 4 aromatic rings. The molecule has 5 rings (SSSR count). The van der Waals surface area contributed by atoms with Crippen molar-refractivity contribution in [1.82, 2.24) is 19.9 Å². The fourth-order valence-corrected chi connectivity index (χ4v) is 4.23. The van der Waals surface area contributed by atoms with Crippen LogP contribution >= 0.6 is 11.6 Å². The molecule has 3 heterocycles. The Morgan fingerprint density at radius 2 is 1.79 bits per heavy atom. The van der Waals surface area contributed by atoms with E-state index in [1.807, 2.05) is 59.5 Å². The van der Waals surface area contributed by atoms with Crippen LogP contribution in [0.1, 0.15) is 0 Å². The maximum absolute atomic E-state index is 12.7. The van der Waals surface area contributed by atoms with Gasteiger partial charge in [-0.3, -0.25) is 14.7 Å². The molecular weight excluding hydrogens is 452 g/mol. The van der Waals surface area contributed by atoms with Gasteiger partial charge in [-0.1, -0.05) is 48.0 Å². The van der Waals surface area contributed by atoms with E-state index < -0.39 is 0 Å². The van der Waals surface area contributed by atoms with Gasteiger partial charge in [0.25, 0.3) is 0 Å². The first-order valence-electron chi connectivity index (χ1n) is 11.0. The Morgan fingerprint density at radius 3 is 2.59 bits per heavy atom. The number of nitrogens with two attached hydrogens (primary N) is 1. The number of anilines is 2. The summed E-state index contributed by atoms with van der Waals surface area (Å²) < 4.78 is 5.35. The molecule has 2 aromatic carbocycles. The maximum Gasteiger partial charge on any atom is 0.239 e. The van der Waals surface area contributed by atoms with E-state index in [-0.39, 0.29) is 24.1 Å². The van der Waals surface area contributed by atoms with Crippen LogP contribution < -0.4 is 11.1 Å². The molecule has 1 amide bonds. The summed E-state index contributed by atoms with van der Waals surface area (Å²) in [6, 6.07) is 17.2. The van der Waals surface area contributed by atoms with Crippen LogP contribution in [0.15, 0.2) is 60.8 Å². The normalized spacial score (nSPS) is 14.3. The zero-order chi connectivity index (χ0) is 23.5. The average Bonchev–Trinajstić information content (AvgIpc) is 2.86. The fourth-order valence-electron chi connectivity index (χ4n) is 3.96. The average molecular weight is 475 g/mol. The first kappa shape index (κ1) is 22.2. The van der Waals surface area contributed by atoms with Crippen molar-refractivity contribution in [3.63, 3.8) is 0 Å². The molecule has 0 aliphatic carbocycles. The summed E-state index contributed by atoms with van der Waals surface area (Å²) in [6.45, 7) is 2.87. The summed E-state index contributed by atoms with van der Waals surface area (Å²) in [6.07, 6.45) is 1.70. The van der Waals surface area contributed by atoms with E-state index in [9.17, 15) is 4.79 Å². The van der Waals surface area contributed by atoms with Gasteiger partial charge in [-0.2, -0.15) is 0 Å². The predicted molar refractivity (Wildman–Crippen MR) is 134 cm³/mol. The number of aromatic nitrogens is 3. The van der Waals surface area contributed by atoms with Gasteiger partial charge < -0.3 is 15.8 Å². The second-order valence-corrected chi connectivity index (χ2v) is 8.40. The number of carbonyl (C=O) groups excluding carboxylic acids is 1. The van der Waals surface area contributed by atoms with Gasteiger partial charge in [-0.15, -0.1) is 0 Å². The van der Waals surface area contributed by atoms with Crippen molar-refractivity contribution in [3.8, 4) is 22.5 Å². The van der Waals surface area contributed by atoms with Crippen molar-refractivity contribution in [1.29, 1.82) is 0 Å².